The van der Waals surface area contributed by atoms with Crippen molar-refractivity contribution in [1.82, 2.24) is 10.6 Å². The lowest BCUT2D eigenvalue weighted by Crippen LogP contribution is -2.43. The summed E-state index contributed by atoms with van der Waals surface area (Å²) >= 11 is 0. The van der Waals surface area contributed by atoms with Gasteiger partial charge in [0.05, 0.1) is 45.1 Å². The minimum absolute atomic E-state index is 0.115. The Morgan fingerprint density at radius 2 is 0.854 bits per heavy atom. The molecule has 41 heavy (non-hydrogen) atoms. The van der Waals surface area contributed by atoms with Gasteiger partial charge in [0, 0.05) is 39.1 Å². The van der Waals surface area contributed by atoms with Crippen molar-refractivity contribution >= 4 is 23.4 Å². The van der Waals surface area contributed by atoms with E-state index in [1.165, 1.54) is 0 Å². The van der Waals surface area contributed by atoms with Gasteiger partial charge >= 0.3 is 0 Å². The largest absolute Gasteiger partial charge is 0.381 e. The number of ether oxygens (including phenoxy) is 4. The maximum atomic E-state index is 11.6. The molecular weight excluding hydrogens is 552 g/mol. The first-order chi connectivity index (χ1) is 19.8. The smallest absolute Gasteiger partial charge is 0.248 e. The molecule has 0 unspecified atom stereocenters. The predicted octanol–water partition coefficient (Wildman–Crippen LogP) is -3.47. The van der Waals surface area contributed by atoms with Crippen molar-refractivity contribution in [3.8, 4) is 0 Å². The number of carbonyl (C=O) groups excluding carboxylic acids is 4. The summed E-state index contributed by atoms with van der Waals surface area (Å²) in [5.41, 5.74) is -0.816. The third kappa shape index (κ3) is 23.1. The third-order valence-corrected chi connectivity index (χ3v) is 5.18. The highest BCUT2D eigenvalue weighted by molar-refractivity contribution is 5.80. The molecule has 0 saturated heterocycles. The molecular formula is C23H46N6O12. The van der Waals surface area contributed by atoms with Crippen LogP contribution in [0.25, 0.3) is 0 Å². The summed E-state index contributed by atoms with van der Waals surface area (Å²) in [6, 6.07) is 0. The monoisotopic (exact) mass is 598 g/mol. The quantitative estimate of drug-likeness (QED) is 0.0346. The standard InChI is InChI=1S/C23H46N6O12/c24-38-11-19(30)3-1-7-34-15-23(16-35-8-2-4-20(31)12-39-25,17-36-9-5-28-21(32)13-40-26)18-37-10-6-29-22(33)14-41-27/h1-18,24-27H2,(H,28,32)(H,29,33). The highest BCUT2D eigenvalue weighted by atomic mass is 16.6. The van der Waals surface area contributed by atoms with Gasteiger partial charge in [0.25, 0.3) is 0 Å². The maximum absolute atomic E-state index is 11.6. The lowest BCUT2D eigenvalue weighted by atomic mass is 9.92. The van der Waals surface area contributed by atoms with E-state index < -0.39 is 17.2 Å². The molecule has 18 heteroatoms. The van der Waals surface area contributed by atoms with Gasteiger partial charge in [0.2, 0.25) is 11.8 Å². The molecule has 0 saturated carbocycles. The average Bonchev–Trinajstić information content (AvgIpc) is 2.93. The van der Waals surface area contributed by atoms with Crippen molar-refractivity contribution < 1.29 is 57.5 Å². The second-order valence-electron chi connectivity index (χ2n) is 8.94. The second-order valence-corrected chi connectivity index (χ2v) is 8.94. The van der Waals surface area contributed by atoms with E-state index in [9.17, 15) is 19.2 Å². The fourth-order valence-electron chi connectivity index (χ4n) is 3.26. The SMILES string of the molecule is NOCC(=O)CCCOCC(COCCCC(=O)CON)(COCCNC(=O)CON)COCCNC(=O)CON. The van der Waals surface area contributed by atoms with Crippen LogP contribution in [-0.4, -0.2) is 116 Å². The van der Waals surface area contributed by atoms with E-state index in [2.05, 4.69) is 30.0 Å². The highest BCUT2D eigenvalue weighted by Gasteiger charge is 2.32. The van der Waals surface area contributed by atoms with Crippen molar-refractivity contribution in [2.75, 3.05) is 92.4 Å². The molecule has 0 aromatic rings. The Labute approximate surface area is 239 Å². The van der Waals surface area contributed by atoms with Crippen molar-refractivity contribution in [2.45, 2.75) is 25.7 Å². The minimum atomic E-state index is -0.816. The van der Waals surface area contributed by atoms with E-state index in [0.29, 0.717) is 12.8 Å². The summed E-state index contributed by atoms with van der Waals surface area (Å²) < 4.78 is 23.3. The van der Waals surface area contributed by atoms with Crippen molar-refractivity contribution in [3.63, 3.8) is 0 Å². The summed E-state index contributed by atoms with van der Waals surface area (Å²) in [6.07, 6.45) is 1.34. The number of carbonyl (C=O) groups is 4. The van der Waals surface area contributed by atoms with Crippen LogP contribution in [-0.2, 0) is 57.5 Å². The van der Waals surface area contributed by atoms with Crippen LogP contribution in [0, 0.1) is 5.41 Å². The predicted molar refractivity (Wildman–Crippen MR) is 141 cm³/mol. The van der Waals surface area contributed by atoms with Gasteiger partial charge in [-0.2, -0.15) is 0 Å². The van der Waals surface area contributed by atoms with Gasteiger partial charge in [-0.25, -0.2) is 23.6 Å². The number of rotatable bonds is 30. The molecule has 0 heterocycles. The average molecular weight is 599 g/mol. The molecule has 0 aromatic carbocycles. The number of ketones is 2. The number of hydrogen-bond donors (Lipinski definition) is 6. The van der Waals surface area contributed by atoms with E-state index >= 15 is 0 Å². The van der Waals surface area contributed by atoms with Crippen LogP contribution in [0.5, 0.6) is 0 Å². The maximum Gasteiger partial charge on any atom is 0.248 e. The molecule has 18 nitrogen and oxygen atoms in total. The molecule has 0 spiro atoms. The molecule has 0 radical (unpaired) electrons. The first kappa shape index (κ1) is 38.8. The Hall–Kier alpha value is -2.20. The molecule has 0 aliphatic carbocycles. The van der Waals surface area contributed by atoms with Gasteiger partial charge in [-0.1, -0.05) is 0 Å². The zero-order valence-corrected chi connectivity index (χ0v) is 23.4. The van der Waals surface area contributed by atoms with Gasteiger partial charge < -0.3 is 29.6 Å². The topological polar surface area (TPSA) is 270 Å². The Morgan fingerprint density at radius 1 is 0.512 bits per heavy atom. The zero-order chi connectivity index (χ0) is 30.6. The fraction of sp³-hybridized carbons (Fsp3) is 0.826. The van der Waals surface area contributed by atoms with Crippen LogP contribution in [0.1, 0.15) is 25.7 Å². The van der Waals surface area contributed by atoms with E-state index in [1.54, 1.807) is 0 Å². The molecule has 0 aliphatic rings. The number of Topliss-reactive ketones (excluding diaryl/α,β-unsaturated/α-hetero) is 2. The lowest BCUT2D eigenvalue weighted by Gasteiger charge is -2.33. The number of amides is 2. The Morgan fingerprint density at radius 3 is 1.20 bits per heavy atom. The molecule has 0 aliphatic heterocycles. The Bertz CT molecular complexity index is 601. The van der Waals surface area contributed by atoms with Crippen LogP contribution < -0.4 is 34.2 Å². The van der Waals surface area contributed by atoms with Gasteiger partial charge in [0.1, 0.15) is 26.4 Å². The Kier molecular flexibility index (Phi) is 25.3. The van der Waals surface area contributed by atoms with E-state index in [0.717, 1.165) is 0 Å². The van der Waals surface area contributed by atoms with Crippen LogP contribution in [0.2, 0.25) is 0 Å². The summed E-state index contributed by atoms with van der Waals surface area (Å²) in [6.45, 7) is 0.814. The molecule has 0 rings (SSSR count). The summed E-state index contributed by atoms with van der Waals surface area (Å²) in [5, 5.41) is 5.18. The van der Waals surface area contributed by atoms with E-state index in [4.69, 9.17) is 42.5 Å². The number of nitrogens with one attached hydrogen (secondary N) is 2. The number of nitrogens with two attached hydrogens (primary N) is 4. The van der Waals surface area contributed by atoms with Crippen molar-refractivity contribution in [2.24, 2.45) is 29.0 Å². The van der Waals surface area contributed by atoms with Crippen molar-refractivity contribution in [1.29, 1.82) is 0 Å². The molecule has 0 bridgehead atoms. The van der Waals surface area contributed by atoms with E-state index in [-0.39, 0.29) is 117 Å². The molecule has 10 N–H and O–H groups in total. The Balaban J connectivity index is 5.14. The molecule has 2 amide bonds. The summed E-state index contributed by atoms with van der Waals surface area (Å²) in [4.78, 5) is 63.6. The fourth-order valence-corrected chi connectivity index (χ4v) is 3.26. The second kappa shape index (κ2) is 26.7. The summed E-state index contributed by atoms with van der Waals surface area (Å²) in [5.74, 6) is 18.5. The molecule has 0 atom stereocenters. The zero-order valence-electron chi connectivity index (χ0n) is 23.4. The molecule has 0 aromatic heterocycles. The van der Waals surface area contributed by atoms with Gasteiger partial charge in [0.15, 0.2) is 11.6 Å². The van der Waals surface area contributed by atoms with Crippen LogP contribution in [0.15, 0.2) is 0 Å². The lowest BCUT2D eigenvalue weighted by molar-refractivity contribution is -0.126. The van der Waals surface area contributed by atoms with Gasteiger partial charge in [-0.05, 0) is 12.8 Å². The van der Waals surface area contributed by atoms with E-state index in [1.807, 2.05) is 0 Å². The van der Waals surface area contributed by atoms with Gasteiger partial charge in [-0.3, -0.25) is 38.5 Å². The van der Waals surface area contributed by atoms with Crippen molar-refractivity contribution in [3.05, 3.63) is 0 Å². The first-order valence-corrected chi connectivity index (χ1v) is 13.0. The van der Waals surface area contributed by atoms with Gasteiger partial charge in [-0.15, -0.1) is 0 Å². The molecule has 240 valence electrons. The van der Waals surface area contributed by atoms with Crippen LogP contribution in [0.4, 0.5) is 0 Å². The third-order valence-electron chi connectivity index (χ3n) is 5.18. The highest BCUT2D eigenvalue weighted by Crippen LogP contribution is 2.21. The molecule has 0 fully saturated rings. The number of hydrogen-bond acceptors (Lipinski definition) is 16. The normalized spacial score (nSPS) is 11.4. The van der Waals surface area contributed by atoms with Crippen LogP contribution in [0.3, 0.4) is 0 Å². The first-order valence-electron chi connectivity index (χ1n) is 13.0. The summed E-state index contributed by atoms with van der Waals surface area (Å²) in [7, 11) is 0. The van der Waals surface area contributed by atoms with Crippen LogP contribution >= 0.6 is 0 Å². The minimum Gasteiger partial charge on any atom is -0.381 e.